The molecule has 2 N–H and O–H groups in total. The van der Waals surface area contributed by atoms with Gasteiger partial charge in [-0.1, -0.05) is 49.4 Å². The van der Waals surface area contributed by atoms with Crippen molar-refractivity contribution in [1.82, 2.24) is 30.0 Å². The lowest BCUT2D eigenvalue weighted by molar-refractivity contribution is -0.141. The molecule has 2 aromatic carbocycles. The number of carboxylic acid groups (broad SMARTS) is 1. The van der Waals surface area contributed by atoms with Crippen LogP contribution < -0.4 is 0 Å². The molecule has 0 radical (unpaired) electrons. The van der Waals surface area contributed by atoms with Crippen molar-refractivity contribution in [3.63, 3.8) is 0 Å². The third-order valence-corrected chi connectivity index (χ3v) is 6.29. The second-order valence-corrected chi connectivity index (χ2v) is 8.45. The van der Waals surface area contributed by atoms with E-state index in [9.17, 15) is 15.0 Å². The van der Waals surface area contributed by atoms with Crippen LogP contribution in [0.15, 0.2) is 61.2 Å². The largest absolute Gasteiger partial charge is 0.508 e. The number of aliphatic carboxylic acids is 1. The van der Waals surface area contributed by atoms with Crippen LogP contribution in [-0.2, 0) is 4.79 Å². The lowest BCUT2D eigenvalue weighted by Crippen LogP contribution is -2.47. The molecule has 3 aromatic rings. The van der Waals surface area contributed by atoms with Crippen molar-refractivity contribution < 1.29 is 15.0 Å². The van der Waals surface area contributed by atoms with Crippen molar-refractivity contribution in [1.29, 1.82) is 0 Å². The second-order valence-electron chi connectivity index (χ2n) is 8.45. The Morgan fingerprint density at radius 3 is 2.47 bits per heavy atom. The highest BCUT2D eigenvalue weighted by molar-refractivity contribution is 5.72. The number of carbonyl (C=O) groups is 1. The van der Waals surface area contributed by atoms with Gasteiger partial charge >= 0.3 is 5.97 Å². The van der Waals surface area contributed by atoms with E-state index in [1.807, 2.05) is 48.5 Å². The molecule has 0 spiro atoms. The summed E-state index contributed by atoms with van der Waals surface area (Å²) in [7, 11) is 0. The smallest absolute Gasteiger partial charge is 0.328 e. The van der Waals surface area contributed by atoms with Gasteiger partial charge < -0.3 is 10.2 Å². The van der Waals surface area contributed by atoms with E-state index in [-0.39, 0.29) is 11.8 Å². The van der Waals surface area contributed by atoms with Crippen molar-refractivity contribution in [2.75, 3.05) is 32.7 Å². The van der Waals surface area contributed by atoms with Crippen LogP contribution in [0.3, 0.4) is 0 Å². The molecule has 1 aliphatic rings. The average Bonchev–Trinajstić information content (AvgIpc) is 3.31. The monoisotopic (exact) mass is 462 g/mol. The highest BCUT2D eigenvalue weighted by Crippen LogP contribution is 2.33. The summed E-state index contributed by atoms with van der Waals surface area (Å²) in [5.74, 6) is -0.303. The van der Waals surface area contributed by atoms with Gasteiger partial charge in [-0.2, -0.15) is 0 Å². The highest BCUT2D eigenvalue weighted by Gasteiger charge is 2.27. The molecule has 2 heterocycles. The van der Waals surface area contributed by atoms with E-state index in [0.717, 1.165) is 49.4 Å². The van der Waals surface area contributed by atoms with Crippen LogP contribution in [0.2, 0.25) is 0 Å². The summed E-state index contributed by atoms with van der Waals surface area (Å²) in [6, 6.07) is 14.5. The van der Waals surface area contributed by atoms with Gasteiger partial charge in [0.2, 0.25) is 0 Å². The lowest BCUT2D eigenvalue weighted by Gasteiger charge is -2.39. The molecule has 4 rings (SSSR count). The fourth-order valence-corrected chi connectivity index (χ4v) is 4.56. The maximum atomic E-state index is 11.6. The molecule has 1 unspecified atom stereocenters. The Hall–Kier alpha value is -3.56. The fraction of sp³-hybridized carbons (Fsp3) is 0.360. The maximum absolute atomic E-state index is 11.6. The quantitative estimate of drug-likeness (QED) is 0.468. The topological polar surface area (TPSA) is 108 Å². The van der Waals surface area contributed by atoms with Crippen LogP contribution in [-0.4, -0.2) is 78.9 Å². The average molecular weight is 463 g/mol. The Morgan fingerprint density at radius 1 is 1.12 bits per heavy atom. The van der Waals surface area contributed by atoms with Gasteiger partial charge in [-0.05, 0) is 40.1 Å². The standard InChI is InChI=1S/C25H30N6O3/c1-3-12-29-13-15-30(16-14-29)23(20-6-5-7-21(32)17-20)18-8-10-19(11-9-18)24-26-27-28-31(24)22(4-2)25(33)34/h3,5-11,17,22-23,32H,1,4,12-16H2,2H3,(H,33,34)/t22?,23-/m1/s1. The second kappa shape index (κ2) is 10.6. The van der Waals surface area contributed by atoms with E-state index >= 15 is 0 Å². The zero-order chi connectivity index (χ0) is 24.1. The molecule has 178 valence electrons. The maximum Gasteiger partial charge on any atom is 0.328 e. The summed E-state index contributed by atoms with van der Waals surface area (Å²) < 4.78 is 1.36. The van der Waals surface area contributed by atoms with Crippen molar-refractivity contribution in [2.24, 2.45) is 0 Å². The van der Waals surface area contributed by atoms with Gasteiger partial charge in [0.05, 0.1) is 6.04 Å². The Labute approximate surface area is 198 Å². The minimum Gasteiger partial charge on any atom is -0.508 e. The van der Waals surface area contributed by atoms with Crippen LogP contribution in [0.5, 0.6) is 5.75 Å². The number of benzene rings is 2. The summed E-state index contributed by atoms with van der Waals surface area (Å²) in [5.41, 5.74) is 2.85. The molecule has 0 amide bonds. The molecular formula is C25H30N6O3. The number of aromatic nitrogens is 4. The number of phenols is 1. The summed E-state index contributed by atoms with van der Waals surface area (Å²) in [4.78, 5) is 16.4. The SMILES string of the molecule is C=CCN1CCN([C@H](c2ccc(-c3nnnn3C(CC)C(=O)O)cc2)c2cccc(O)c2)CC1. The molecule has 9 heteroatoms. The van der Waals surface area contributed by atoms with Gasteiger partial charge in [-0.25, -0.2) is 9.48 Å². The Bertz CT molecular complexity index is 1120. The van der Waals surface area contributed by atoms with E-state index in [4.69, 9.17) is 0 Å². The predicted octanol–water partition coefficient (Wildman–Crippen LogP) is 2.97. The minimum atomic E-state index is -0.966. The molecule has 0 saturated carbocycles. The zero-order valence-corrected chi connectivity index (χ0v) is 19.3. The van der Waals surface area contributed by atoms with E-state index in [1.165, 1.54) is 4.68 Å². The van der Waals surface area contributed by atoms with Crippen molar-refractivity contribution in [2.45, 2.75) is 25.4 Å². The van der Waals surface area contributed by atoms with Crippen molar-refractivity contribution in [3.05, 3.63) is 72.3 Å². The number of rotatable bonds is 9. The number of hydrogen-bond donors (Lipinski definition) is 2. The number of hydrogen-bond acceptors (Lipinski definition) is 7. The van der Waals surface area contributed by atoms with Gasteiger partial charge in [0.25, 0.3) is 0 Å². The van der Waals surface area contributed by atoms with E-state index in [1.54, 1.807) is 13.0 Å². The normalized spacial score (nSPS) is 16.7. The first-order valence-electron chi connectivity index (χ1n) is 11.5. The minimum absolute atomic E-state index is 0.0227. The Balaban J connectivity index is 1.64. The first kappa shape index (κ1) is 23.6. The zero-order valence-electron chi connectivity index (χ0n) is 19.3. The summed E-state index contributed by atoms with van der Waals surface area (Å²) >= 11 is 0. The molecule has 0 bridgehead atoms. The molecular weight excluding hydrogens is 432 g/mol. The number of nitrogens with zero attached hydrogens (tertiary/aromatic N) is 6. The van der Waals surface area contributed by atoms with Crippen LogP contribution in [0.25, 0.3) is 11.4 Å². The van der Waals surface area contributed by atoms with E-state index < -0.39 is 12.0 Å². The third-order valence-electron chi connectivity index (χ3n) is 6.29. The summed E-state index contributed by atoms with van der Waals surface area (Å²) in [6.45, 7) is 10.2. The van der Waals surface area contributed by atoms with Gasteiger partial charge in [0.1, 0.15) is 5.75 Å². The number of tetrazole rings is 1. The number of aromatic hydroxyl groups is 1. The van der Waals surface area contributed by atoms with E-state index in [2.05, 4.69) is 31.9 Å². The van der Waals surface area contributed by atoms with Crippen LogP contribution in [0.4, 0.5) is 0 Å². The molecule has 1 aromatic heterocycles. The van der Waals surface area contributed by atoms with Crippen molar-refractivity contribution in [3.8, 4) is 17.1 Å². The van der Waals surface area contributed by atoms with Crippen LogP contribution >= 0.6 is 0 Å². The van der Waals surface area contributed by atoms with Gasteiger partial charge in [-0.3, -0.25) is 9.80 Å². The summed E-state index contributed by atoms with van der Waals surface area (Å²) in [6.07, 6.45) is 2.31. The molecule has 1 saturated heterocycles. The highest BCUT2D eigenvalue weighted by atomic mass is 16.4. The van der Waals surface area contributed by atoms with Crippen molar-refractivity contribution >= 4 is 5.97 Å². The molecule has 2 atom stereocenters. The molecule has 1 aliphatic heterocycles. The van der Waals surface area contributed by atoms with E-state index in [0.29, 0.717) is 12.2 Å². The molecule has 1 fully saturated rings. The first-order valence-corrected chi connectivity index (χ1v) is 11.5. The lowest BCUT2D eigenvalue weighted by atomic mass is 9.95. The molecule has 0 aliphatic carbocycles. The summed E-state index contributed by atoms with van der Waals surface area (Å²) in [5, 5.41) is 31.4. The number of piperazine rings is 1. The molecule has 34 heavy (non-hydrogen) atoms. The fourth-order valence-electron chi connectivity index (χ4n) is 4.56. The van der Waals surface area contributed by atoms with Gasteiger partial charge in [-0.15, -0.1) is 11.7 Å². The van der Waals surface area contributed by atoms with Crippen LogP contribution in [0, 0.1) is 0 Å². The predicted molar refractivity (Wildman–Crippen MR) is 128 cm³/mol. The Morgan fingerprint density at radius 2 is 1.85 bits per heavy atom. The number of carboxylic acids is 1. The number of phenolic OH excluding ortho intramolecular Hbond substituents is 1. The Kier molecular flexibility index (Phi) is 7.34. The van der Waals surface area contributed by atoms with Crippen LogP contribution in [0.1, 0.15) is 36.6 Å². The molecule has 9 nitrogen and oxygen atoms in total. The van der Waals surface area contributed by atoms with Gasteiger partial charge in [0, 0.05) is 38.3 Å². The third kappa shape index (κ3) is 5.00. The van der Waals surface area contributed by atoms with Gasteiger partial charge in [0.15, 0.2) is 11.9 Å². The first-order chi connectivity index (χ1) is 16.5.